The second-order valence-corrected chi connectivity index (χ2v) is 9.07. The van der Waals surface area contributed by atoms with E-state index in [0.717, 1.165) is 50.0 Å². The Hall–Kier alpha value is -2.37. The molecule has 2 aromatic rings. The quantitative estimate of drug-likeness (QED) is 0.675. The van der Waals surface area contributed by atoms with Crippen LogP contribution in [-0.4, -0.2) is 35.8 Å². The van der Waals surface area contributed by atoms with Crippen LogP contribution in [0.3, 0.4) is 0 Å². The van der Waals surface area contributed by atoms with Crippen molar-refractivity contribution >= 4 is 29.1 Å². The maximum atomic E-state index is 12.5. The van der Waals surface area contributed by atoms with Gasteiger partial charge in [-0.1, -0.05) is 42.6 Å². The van der Waals surface area contributed by atoms with Gasteiger partial charge in [0.25, 0.3) is 5.91 Å². The van der Waals surface area contributed by atoms with E-state index in [1.807, 2.05) is 36.4 Å². The number of benzene rings is 2. The minimum Gasteiger partial charge on any atom is -0.353 e. The van der Waals surface area contributed by atoms with Crippen molar-refractivity contribution in [2.75, 3.05) is 18.4 Å². The molecule has 5 nitrogen and oxygen atoms in total. The molecule has 2 aliphatic rings. The zero-order valence-electron chi connectivity index (χ0n) is 17.8. The van der Waals surface area contributed by atoms with E-state index in [1.165, 1.54) is 12.8 Å². The van der Waals surface area contributed by atoms with Crippen molar-refractivity contribution in [3.05, 3.63) is 64.7 Å². The first-order chi connectivity index (χ1) is 15.1. The van der Waals surface area contributed by atoms with E-state index in [1.54, 1.807) is 12.1 Å². The molecule has 0 bridgehead atoms. The van der Waals surface area contributed by atoms with Gasteiger partial charge in [-0.05, 0) is 74.7 Å². The number of likely N-dealkylation sites (tertiary alicyclic amines) is 1. The number of anilines is 1. The second-order valence-electron chi connectivity index (χ2n) is 8.67. The zero-order valence-corrected chi connectivity index (χ0v) is 18.5. The lowest BCUT2D eigenvalue weighted by atomic mass is 9.95. The van der Waals surface area contributed by atoms with Gasteiger partial charge in [0.2, 0.25) is 5.91 Å². The van der Waals surface area contributed by atoms with Gasteiger partial charge in [0.15, 0.2) is 0 Å². The van der Waals surface area contributed by atoms with E-state index < -0.39 is 0 Å². The minimum absolute atomic E-state index is 0.115. The van der Waals surface area contributed by atoms with Crippen LogP contribution >= 0.6 is 11.6 Å². The Kier molecular flexibility index (Phi) is 7.25. The number of hydrogen-bond acceptors (Lipinski definition) is 3. The molecule has 2 aromatic carbocycles. The summed E-state index contributed by atoms with van der Waals surface area (Å²) in [6.45, 7) is 2.46. The fraction of sp³-hybridized carbons (Fsp3) is 0.440. The molecule has 31 heavy (non-hydrogen) atoms. The average Bonchev–Trinajstić information content (AvgIpc) is 3.30. The van der Waals surface area contributed by atoms with Crippen LogP contribution < -0.4 is 10.6 Å². The Morgan fingerprint density at radius 2 is 1.68 bits per heavy atom. The third-order valence-electron chi connectivity index (χ3n) is 6.39. The van der Waals surface area contributed by atoms with E-state index in [9.17, 15) is 9.59 Å². The number of nitrogens with one attached hydrogen (secondary N) is 2. The Morgan fingerprint density at radius 3 is 2.39 bits per heavy atom. The van der Waals surface area contributed by atoms with Crippen molar-refractivity contribution < 1.29 is 9.59 Å². The highest BCUT2D eigenvalue weighted by Crippen LogP contribution is 2.26. The average molecular weight is 440 g/mol. The number of piperidine rings is 1. The summed E-state index contributed by atoms with van der Waals surface area (Å²) in [5.74, 6) is 0.210. The van der Waals surface area contributed by atoms with Crippen LogP contribution in [0.4, 0.5) is 5.69 Å². The number of nitrogens with zero attached hydrogens (tertiary/aromatic N) is 1. The van der Waals surface area contributed by atoms with Crippen LogP contribution in [0.2, 0.25) is 5.02 Å². The fourth-order valence-corrected chi connectivity index (χ4v) is 4.73. The lowest BCUT2D eigenvalue weighted by Gasteiger charge is -2.32. The number of carbonyl (C=O) groups is 2. The molecule has 6 heteroatoms. The van der Waals surface area contributed by atoms with Gasteiger partial charge in [0, 0.05) is 34.8 Å². The van der Waals surface area contributed by atoms with E-state index in [4.69, 9.17) is 11.6 Å². The molecular weight excluding hydrogens is 410 g/mol. The molecule has 0 aromatic heterocycles. The van der Waals surface area contributed by atoms with E-state index in [0.29, 0.717) is 23.2 Å². The smallest absolute Gasteiger partial charge is 0.255 e. The molecular formula is C25H30ClN3O2. The molecule has 1 aliphatic carbocycles. The Labute approximate surface area is 189 Å². The normalized spacial score (nSPS) is 18.1. The SMILES string of the molecule is O=C(Nc1ccc(Cl)c(CN2CCC(C(=O)NC3CCCC3)CC2)c1)c1ccccc1. The standard InChI is InChI=1S/C25H30ClN3O2/c26-23-11-10-22(28-24(30)18-6-2-1-3-7-18)16-20(23)17-29-14-12-19(13-15-29)25(31)27-21-8-4-5-9-21/h1-3,6-7,10-11,16,19,21H,4-5,8-9,12-15,17H2,(H,27,31)(H,28,30). The first-order valence-electron chi connectivity index (χ1n) is 11.3. The molecule has 4 rings (SSSR count). The Balaban J connectivity index is 1.30. The van der Waals surface area contributed by atoms with Gasteiger partial charge >= 0.3 is 0 Å². The molecule has 0 atom stereocenters. The van der Waals surface area contributed by atoms with Gasteiger partial charge in [-0.15, -0.1) is 0 Å². The molecule has 2 N–H and O–H groups in total. The Morgan fingerprint density at radius 1 is 0.968 bits per heavy atom. The predicted octanol–water partition coefficient (Wildman–Crippen LogP) is 4.86. The summed E-state index contributed by atoms with van der Waals surface area (Å²) < 4.78 is 0. The number of carbonyl (C=O) groups excluding carboxylic acids is 2. The van der Waals surface area contributed by atoms with Crippen LogP contribution in [0.5, 0.6) is 0 Å². The summed E-state index contributed by atoms with van der Waals surface area (Å²) in [6.07, 6.45) is 6.46. The second kappa shape index (κ2) is 10.3. The molecule has 1 saturated carbocycles. The highest BCUT2D eigenvalue weighted by Gasteiger charge is 2.27. The number of amides is 2. The third-order valence-corrected chi connectivity index (χ3v) is 6.76. The van der Waals surface area contributed by atoms with Gasteiger partial charge in [-0.2, -0.15) is 0 Å². The fourth-order valence-electron chi connectivity index (χ4n) is 4.55. The summed E-state index contributed by atoms with van der Waals surface area (Å²) in [5.41, 5.74) is 2.34. The lowest BCUT2D eigenvalue weighted by molar-refractivity contribution is -0.127. The zero-order chi connectivity index (χ0) is 21.6. The topological polar surface area (TPSA) is 61.4 Å². The van der Waals surface area contributed by atoms with E-state index >= 15 is 0 Å². The van der Waals surface area contributed by atoms with Gasteiger partial charge in [0.1, 0.15) is 0 Å². The highest BCUT2D eigenvalue weighted by molar-refractivity contribution is 6.31. The molecule has 1 aliphatic heterocycles. The van der Waals surface area contributed by atoms with Gasteiger partial charge in [-0.3, -0.25) is 14.5 Å². The van der Waals surface area contributed by atoms with Crippen LogP contribution in [0, 0.1) is 5.92 Å². The summed E-state index contributed by atoms with van der Waals surface area (Å²) in [4.78, 5) is 27.3. The lowest BCUT2D eigenvalue weighted by Crippen LogP contribution is -2.43. The van der Waals surface area contributed by atoms with Gasteiger partial charge < -0.3 is 10.6 Å². The molecule has 0 spiro atoms. The van der Waals surface area contributed by atoms with Gasteiger partial charge in [-0.25, -0.2) is 0 Å². The van der Waals surface area contributed by atoms with Crippen molar-refractivity contribution in [3.8, 4) is 0 Å². The van der Waals surface area contributed by atoms with Crippen LogP contribution in [0.15, 0.2) is 48.5 Å². The largest absolute Gasteiger partial charge is 0.353 e. The highest BCUT2D eigenvalue weighted by atomic mass is 35.5. The van der Waals surface area contributed by atoms with Crippen LogP contribution in [0.25, 0.3) is 0 Å². The van der Waals surface area contributed by atoms with Crippen molar-refractivity contribution in [1.29, 1.82) is 0 Å². The molecule has 0 radical (unpaired) electrons. The molecule has 1 saturated heterocycles. The van der Waals surface area contributed by atoms with E-state index in [-0.39, 0.29) is 17.7 Å². The Bertz CT molecular complexity index is 904. The van der Waals surface area contributed by atoms with Crippen molar-refractivity contribution in [3.63, 3.8) is 0 Å². The van der Waals surface area contributed by atoms with Crippen LogP contribution in [0.1, 0.15) is 54.4 Å². The van der Waals surface area contributed by atoms with E-state index in [2.05, 4.69) is 15.5 Å². The molecule has 164 valence electrons. The van der Waals surface area contributed by atoms with Crippen LogP contribution in [-0.2, 0) is 11.3 Å². The molecule has 1 heterocycles. The van der Waals surface area contributed by atoms with Gasteiger partial charge in [0.05, 0.1) is 0 Å². The maximum absolute atomic E-state index is 12.5. The first kappa shape index (κ1) is 21.8. The monoisotopic (exact) mass is 439 g/mol. The number of hydrogen-bond donors (Lipinski definition) is 2. The molecule has 0 unspecified atom stereocenters. The summed E-state index contributed by atoms with van der Waals surface area (Å²) in [7, 11) is 0. The first-order valence-corrected chi connectivity index (χ1v) is 11.6. The minimum atomic E-state index is -0.136. The van der Waals surface area contributed by atoms with Crippen molar-refractivity contribution in [2.45, 2.75) is 51.1 Å². The maximum Gasteiger partial charge on any atom is 0.255 e. The van der Waals surface area contributed by atoms with Crippen molar-refractivity contribution in [1.82, 2.24) is 10.2 Å². The molecule has 2 fully saturated rings. The molecule has 2 amide bonds. The number of halogens is 1. The third kappa shape index (κ3) is 5.86. The predicted molar refractivity (Wildman–Crippen MR) is 124 cm³/mol. The summed E-state index contributed by atoms with van der Waals surface area (Å²) in [6, 6.07) is 15.2. The summed E-state index contributed by atoms with van der Waals surface area (Å²) >= 11 is 6.44. The number of rotatable bonds is 6. The van der Waals surface area contributed by atoms with Crippen molar-refractivity contribution in [2.24, 2.45) is 5.92 Å². The summed E-state index contributed by atoms with van der Waals surface area (Å²) in [5, 5.41) is 6.89.